The molecule has 0 saturated heterocycles. The van der Waals surface area contributed by atoms with Crippen molar-refractivity contribution < 1.29 is 24.2 Å². The number of ether oxygens (including phenoxy) is 2. The van der Waals surface area contributed by atoms with Gasteiger partial charge >= 0.3 is 11.9 Å². The van der Waals surface area contributed by atoms with E-state index in [0.717, 1.165) is 65.0 Å². The number of hydrogen-bond acceptors (Lipinski definition) is 7. The number of aryl methyl sites for hydroxylation is 1. The quantitative estimate of drug-likeness (QED) is 0.0973. The molecule has 45 heavy (non-hydrogen) atoms. The van der Waals surface area contributed by atoms with Crippen molar-refractivity contribution in [3.8, 4) is 5.75 Å². The molecule has 1 unspecified atom stereocenters. The third-order valence-corrected chi connectivity index (χ3v) is 9.09. The number of phenolic OH excluding ortho intramolecular Hbond substituents is 1. The number of imidazole rings is 1. The average Bonchev–Trinajstić information content (AvgIpc) is 3.38. The first kappa shape index (κ1) is 36.5. The Labute approximate surface area is 274 Å². The highest BCUT2D eigenvalue weighted by atomic mass is 32.2. The van der Waals surface area contributed by atoms with Crippen LogP contribution in [0.25, 0.3) is 11.0 Å². The van der Waals surface area contributed by atoms with Crippen LogP contribution >= 0.6 is 11.8 Å². The van der Waals surface area contributed by atoms with Gasteiger partial charge in [0.1, 0.15) is 18.5 Å². The maximum absolute atomic E-state index is 13.3. The van der Waals surface area contributed by atoms with Gasteiger partial charge in [0.05, 0.1) is 16.4 Å². The number of aromatic nitrogens is 2. The molecule has 0 aliphatic heterocycles. The predicted octanol–water partition coefficient (Wildman–Crippen LogP) is 9.04. The number of rotatable bonds is 15. The Morgan fingerprint density at radius 1 is 0.956 bits per heavy atom. The smallest absolute Gasteiger partial charge is 0.311 e. The molecule has 8 heteroatoms. The number of fused-ring (bicyclic) bond motifs is 1. The number of unbranched alkanes of at least 4 members (excludes halogenated alkanes) is 3. The highest BCUT2D eigenvalue weighted by molar-refractivity contribution is 7.99. The van der Waals surface area contributed by atoms with E-state index in [0.29, 0.717) is 17.9 Å². The molecule has 3 aromatic rings. The molecule has 0 saturated carbocycles. The maximum Gasteiger partial charge on any atom is 0.311 e. The molecular formula is C37H54N2O5S. The lowest BCUT2D eigenvalue weighted by Gasteiger charge is -2.28. The van der Waals surface area contributed by atoms with Crippen LogP contribution < -0.4 is 0 Å². The SMILES string of the molecule is CCCCCCC(C)(C)C(=O)OC(COC(=O)CCc1cc(C(C)(C)C)c(O)c(C(C)(C)C)c1)CSc1nc2ccccc2[nH]1. The minimum Gasteiger partial charge on any atom is -0.507 e. The predicted molar refractivity (Wildman–Crippen MR) is 184 cm³/mol. The van der Waals surface area contributed by atoms with Crippen molar-refractivity contribution in [1.82, 2.24) is 9.97 Å². The minimum absolute atomic E-state index is 0.0280. The summed E-state index contributed by atoms with van der Waals surface area (Å²) in [6.07, 6.45) is 5.13. The summed E-state index contributed by atoms with van der Waals surface area (Å²) in [5.74, 6) is 0.0818. The summed E-state index contributed by atoms with van der Waals surface area (Å²) in [5, 5.41) is 11.8. The maximum atomic E-state index is 13.3. The molecule has 1 atom stereocenters. The number of carbonyl (C=O) groups excluding carboxylic acids is 2. The fraction of sp³-hybridized carbons (Fsp3) is 0.595. The van der Waals surface area contributed by atoms with Crippen LogP contribution in [0.5, 0.6) is 5.75 Å². The summed E-state index contributed by atoms with van der Waals surface area (Å²) in [4.78, 5) is 34.2. The van der Waals surface area contributed by atoms with Gasteiger partial charge in [0.2, 0.25) is 0 Å². The molecule has 0 fully saturated rings. The first-order valence-electron chi connectivity index (χ1n) is 16.3. The van der Waals surface area contributed by atoms with E-state index in [9.17, 15) is 14.7 Å². The largest absolute Gasteiger partial charge is 0.507 e. The number of hydrogen-bond donors (Lipinski definition) is 2. The lowest BCUT2D eigenvalue weighted by atomic mass is 9.78. The van der Waals surface area contributed by atoms with Crippen molar-refractivity contribution in [3.63, 3.8) is 0 Å². The summed E-state index contributed by atoms with van der Waals surface area (Å²) in [5.41, 5.74) is 3.38. The van der Waals surface area contributed by atoms with Crippen molar-refractivity contribution >= 4 is 34.7 Å². The van der Waals surface area contributed by atoms with E-state index in [1.807, 2.05) is 50.2 Å². The molecule has 2 N–H and O–H groups in total. The van der Waals surface area contributed by atoms with Gasteiger partial charge in [-0.1, -0.05) is 110 Å². The number of esters is 2. The van der Waals surface area contributed by atoms with Crippen LogP contribution in [0.1, 0.15) is 118 Å². The van der Waals surface area contributed by atoms with Crippen molar-refractivity contribution in [3.05, 3.63) is 53.1 Å². The van der Waals surface area contributed by atoms with E-state index in [1.165, 1.54) is 11.8 Å². The van der Waals surface area contributed by atoms with Gasteiger partial charge in [0.15, 0.2) is 5.16 Å². The van der Waals surface area contributed by atoms with E-state index < -0.39 is 11.5 Å². The molecule has 7 nitrogen and oxygen atoms in total. The zero-order valence-corrected chi connectivity index (χ0v) is 29.7. The zero-order chi connectivity index (χ0) is 33.4. The lowest BCUT2D eigenvalue weighted by molar-refractivity contribution is -0.165. The van der Waals surface area contributed by atoms with Crippen LogP contribution in [0.4, 0.5) is 0 Å². The van der Waals surface area contributed by atoms with Crippen LogP contribution in [-0.4, -0.2) is 45.5 Å². The Hall–Kier alpha value is -3.00. The molecule has 0 aliphatic carbocycles. The van der Waals surface area contributed by atoms with Gasteiger partial charge in [-0.25, -0.2) is 4.98 Å². The summed E-state index contributed by atoms with van der Waals surface area (Å²) in [7, 11) is 0. The Kier molecular flexibility index (Phi) is 12.6. The first-order chi connectivity index (χ1) is 21.0. The number of benzene rings is 2. The van der Waals surface area contributed by atoms with E-state index >= 15 is 0 Å². The van der Waals surface area contributed by atoms with E-state index in [1.54, 1.807) is 0 Å². The van der Waals surface area contributed by atoms with Gasteiger partial charge in [-0.2, -0.15) is 0 Å². The van der Waals surface area contributed by atoms with Gasteiger partial charge in [-0.05, 0) is 66.3 Å². The molecule has 0 radical (unpaired) electrons. The molecule has 248 valence electrons. The number of thioether (sulfide) groups is 1. The van der Waals surface area contributed by atoms with E-state index in [2.05, 4.69) is 58.4 Å². The number of carbonyl (C=O) groups is 2. The second kappa shape index (κ2) is 15.5. The van der Waals surface area contributed by atoms with E-state index in [-0.39, 0.29) is 35.8 Å². The topological polar surface area (TPSA) is 102 Å². The summed E-state index contributed by atoms with van der Waals surface area (Å²) in [6.45, 7) is 18.4. The Bertz CT molecular complexity index is 1360. The fourth-order valence-corrected chi connectivity index (χ4v) is 6.03. The Morgan fingerprint density at radius 2 is 1.60 bits per heavy atom. The number of aromatic hydroxyl groups is 1. The summed E-state index contributed by atoms with van der Waals surface area (Å²) >= 11 is 1.44. The molecule has 0 spiro atoms. The highest BCUT2D eigenvalue weighted by Crippen LogP contribution is 2.40. The number of nitrogens with zero attached hydrogens (tertiary/aromatic N) is 1. The highest BCUT2D eigenvalue weighted by Gasteiger charge is 2.32. The second-order valence-electron chi connectivity index (χ2n) is 14.8. The summed E-state index contributed by atoms with van der Waals surface area (Å²) in [6, 6.07) is 11.8. The van der Waals surface area contributed by atoms with Crippen LogP contribution in [0.3, 0.4) is 0 Å². The van der Waals surface area contributed by atoms with Gasteiger partial charge < -0.3 is 19.6 Å². The summed E-state index contributed by atoms with van der Waals surface area (Å²) < 4.78 is 11.7. The molecule has 0 bridgehead atoms. The van der Waals surface area contributed by atoms with Crippen LogP contribution in [0.15, 0.2) is 41.6 Å². The fourth-order valence-electron chi connectivity index (χ4n) is 5.18. The van der Waals surface area contributed by atoms with Gasteiger partial charge in [0.25, 0.3) is 0 Å². The van der Waals surface area contributed by atoms with Crippen LogP contribution in [-0.2, 0) is 36.3 Å². The molecule has 1 aromatic heterocycles. The monoisotopic (exact) mass is 638 g/mol. The Morgan fingerprint density at radius 3 is 2.20 bits per heavy atom. The zero-order valence-electron chi connectivity index (χ0n) is 28.8. The normalized spacial score (nSPS) is 13.2. The molecule has 0 aliphatic rings. The van der Waals surface area contributed by atoms with Crippen LogP contribution in [0, 0.1) is 5.41 Å². The molecule has 3 rings (SSSR count). The molecular weight excluding hydrogens is 584 g/mol. The number of aromatic amines is 1. The van der Waals surface area contributed by atoms with E-state index in [4.69, 9.17) is 9.47 Å². The van der Waals surface area contributed by atoms with Crippen molar-refractivity contribution in [1.29, 1.82) is 0 Å². The third-order valence-electron chi connectivity index (χ3n) is 8.09. The van der Waals surface area contributed by atoms with Crippen molar-refractivity contribution in [2.75, 3.05) is 12.4 Å². The van der Waals surface area contributed by atoms with Gasteiger partial charge in [-0.3, -0.25) is 9.59 Å². The minimum atomic E-state index is -0.631. The van der Waals surface area contributed by atoms with Crippen molar-refractivity contribution in [2.24, 2.45) is 5.41 Å². The third kappa shape index (κ3) is 10.8. The first-order valence-corrected chi connectivity index (χ1v) is 17.3. The van der Waals surface area contributed by atoms with Crippen molar-refractivity contribution in [2.45, 2.75) is 129 Å². The molecule has 0 amide bonds. The number of para-hydroxylation sites is 2. The lowest BCUT2D eigenvalue weighted by Crippen LogP contribution is -2.34. The average molecular weight is 639 g/mol. The number of nitrogens with one attached hydrogen (secondary N) is 1. The number of phenols is 1. The number of H-pyrrole nitrogens is 1. The van der Waals surface area contributed by atoms with Gasteiger partial charge in [0, 0.05) is 12.2 Å². The standard InChI is InChI=1S/C37H54N2O5S/c1-10-11-12-15-20-37(8,9)33(42)44-26(24-45-34-38-29-16-13-14-17-30(29)39-34)23-43-31(40)19-18-25-21-27(35(2,3)4)32(41)28(22-25)36(5,6)7/h13-14,16-17,21-22,26,41H,10-12,15,18-20,23-24H2,1-9H3,(H,38,39). The molecule has 1 heterocycles. The Balaban J connectivity index is 1.68. The second-order valence-corrected chi connectivity index (χ2v) is 15.8. The van der Waals surface area contributed by atoms with Gasteiger partial charge in [-0.15, -0.1) is 0 Å². The molecule has 2 aromatic carbocycles. The van der Waals surface area contributed by atoms with Crippen LogP contribution in [0.2, 0.25) is 0 Å².